The van der Waals surface area contributed by atoms with Gasteiger partial charge >= 0.3 is 0 Å². The largest absolute Gasteiger partial charge is 0.496 e. The molecule has 0 aromatic heterocycles. The van der Waals surface area contributed by atoms with Crippen molar-refractivity contribution in [3.05, 3.63) is 28.8 Å². The summed E-state index contributed by atoms with van der Waals surface area (Å²) in [5.41, 5.74) is 4.07. The fraction of sp³-hybridized carbons (Fsp3) is 0.600. The van der Waals surface area contributed by atoms with E-state index in [0.29, 0.717) is 0 Å². The monoisotopic (exact) mass is 286 g/mol. The van der Waals surface area contributed by atoms with Gasteiger partial charge in [0.25, 0.3) is 0 Å². The van der Waals surface area contributed by atoms with Crippen LogP contribution in [0.2, 0.25) is 0 Å². The first-order valence-corrected chi connectivity index (χ1v) is 7.72. The average Bonchev–Trinajstić information content (AvgIpc) is 2.36. The Morgan fingerprint density at radius 3 is 1.76 bits per heavy atom. The number of methoxy groups -OCH3 is 1. The molecule has 1 aromatic rings. The Hall–Kier alpha value is -1.42. The molecule has 0 fully saturated rings. The predicted molar refractivity (Wildman–Crippen MR) is 92.2 cm³/mol. The van der Waals surface area contributed by atoms with Crippen molar-refractivity contribution >= 4 is 0 Å². The van der Waals surface area contributed by atoms with Gasteiger partial charge in [-0.15, -0.1) is 11.8 Å². The Kier molecular flexibility index (Phi) is 5.51. The van der Waals surface area contributed by atoms with Crippen LogP contribution in [-0.4, -0.2) is 7.11 Å². The highest BCUT2D eigenvalue weighted by molar-refractivity contribution is 5.51. The fourth-order valence-corrected chi connectivity index (χ4v) is 2.50. The van der Waals surface area contributed by atoms with Crippen molar-refractivity contribution < 1.29 is 4.74 Å². The molecule has 116 valence electrons. The molecule has 0 aliphatic carbocycles. The zero-order valence-corrected chi connectivity index (χ0v) is 15.0. The lowest BCUT2D eigenvalue weighted by Crippen LogP contribution is -2.19. The van der Waals surface area contributed by atoms with E-state index >= 15 is 0 Å². The lowest BCUT2D eigenvalue weighted by Gasteiger charge is -2.30. The third-order valence-electron chi connectivity index (χ3n) is 3.68. The summed E-state index contributed by atoms with van der Waals surface area (Å²) in [5, 5.41) is 0. The molecule has 0 spiro atoms. The topological polar surface area (TPSA) is 9.23 Å². The lowest BCUT2D eigenvalue weighted by atomic mass is 9.78. The molecular formula is C20H30O. The second-order valence-corrected chi connectivity index (χ2v) is 7.65. The van der Waals surface area contributed by atoms with Crippen molar-refractivity contribution in [1.82, 2.24) is 0 Å². The first kappa shape index (κ1) is 17.6. The Morgan fingerprint density at radius 2 is 1.43 bits per heavy atom. The van der Waals surface area contributed by atoms with E-state index in [1.807, 2.05) is 6.92 Å². The molecule has 0 amide bonds. The number of hydrogen-bond donors (Lipinski definition) is 0. The van der Waals surface area contributed by atoms with E-state index in [9.17, 15) is 0 Å². The molecule has 0 heterocycles. The Balaban J connectivity index is 3.46. The van der Waals surface area contributed by atoms with Crippen molar-refractivity contribution in [1.29, 1.82) is 0 Å². The van der Waals surface area contributed by atoms with Crippen molar-refractivity contribution in [2.75, 3.05) is 7.11 Å². The zero-order chi connectivity index (χ0) is 16.3. The summed E-state index contributed by atoms with van der Waals surface area (Å²) in [5.74, 6) is 7.18. The highest BCUT2D eigenvalue weighted by atomic mass is 16.5. The summed E-state index contributed by atoms with van der Waals surface area (Å²) < 4.78 is 5.78. The predicted octanol–water partition coefficient (Wildman–Crippen LogP) is 5.25. The van der Waals surface area contributed by atoms with Gasteiger partial charge < -0.3 is 4.74 Å². The van der Waals surface area contributed by atoms with Crippen LogP contribution in [0.1, 0.15) is 71.6 Å². The van der Waals surface area contributed by atoms with E-state index in [-0.39, 0.29) is 10.8 Å². The first-order valence-electron chi connectivity index (χ1n) is 7.72. The molecule has 1 rings (SSSR count). The van der Waals surface area contributed by atoms with E-state index in [1.165, 1.54) is 16.7 Å². The minimum Gasteiger partial charge on any atom is -0.496 e. The maximum atomic E-state index is 5.78. The van der Waals surface area contributed by atoms with Gasteiger partial charge in [-0.3, -0.25) is 0 Å². The molecule has 0 unspecified atom stereocenters. The molecular weight excluding hydrogens is 256 g/mol. The second-order valence-electron chi connectivity index (χ2n) is 7.65. The fourth-order valence-electron chi connectivity index (χ4n) is 2.50. The summed E-state index contributed by atoms with van der Waals surface area (Å²) in [4.78, 5) is 0. The molecule has 0 saturated heterocycles. The SMILES string of the molecule is CC#CCCc1cc(C(C)(C)C)c(OC)c(C(C)(C)C)c1. The second kappa shape index (κ2) is 6.56. The number of benzene rings is 1. The summed E-state index contributed by atoms with van der Waals surface area (Å²) in [6, 6.07) is 4.59. The molecule has 0 bridgehead atoms. The van der Waals surface area contributed by atoms with Crippen molar-refractivity contribution in [2.24, 2.45) is 0 Å². The van der Waals surface area contributed by atoms with Crippen LogP contribution >= 0.6 is 0 Å². The Bertz CT molecular complexity index is 507. The molecule has 1 heteroatoms. The van der Waals surface area contributed by atoms with Crippen LogP contribution in [-0.2, 0) is 17.3 Å². The molecule has 0 saturated carbocycles. The zero-order valence-electron chi connectivity index (χ0n) is 15.0. The van der Waals surface area contributed by atoms with Crippen molar-refractivity contribution in [3.63, 3.8) is 0 Å². The maximum Gasteiger partial charge on any atom is 0.126 e. The van der Waals surface area contributed by atoms with Crippen LogP contribution in [0.15, 0.2) is 12.1 Å². The van der Waals surface area contributed by atoms with Crippen LogP contribution in [0.3, 0.4) is 0 Å². The summed E-state index contributed by atoms with van der Waals surface area (Å²) in [6.07, 6.45) is 1.91. The molecule has 1 nitrogen and oxygen atoms in total. The normalized spacial score (nSPS) is 11.8. The quantitative estimate of drug-likeness (QED) is 0.690. The highest BCUT2D eigenvalue weighted by Gasteiger charge is 2.27. The van der Waals surface area contributed by atoms with Crippen LogP contribution < -0.4 is 4.74 Å². The average molecular weight is 286 g/mol. The molecule has 21 heavy (non-hydrogen) atoms. The van der Waals surface area contributed by atoms with Crippen molar-refractivity contribution in [2.45, 2.75) is 72.1 Å². The van der Waals surface area contributed by atoms with Gasteiger partial charge in [0.1, 0.15) is 5.75 Å². The van der Waals surface area contributed by atoms with Gasteiger partial charge in [0, 0.05) is 17.5 Å². The lowest BCUT2D eigenvalue weighted by molar-refractivity contribution is 0.381. The standard InChI is InChI=1S/C20H30O/c1-9-10-11-12-15-13-16(19(2,3)4)18(21-8)17(14-15)20(5,6)7/h13-14H,11-12H2,1-8H3. The van der Waals surface area contributed by atoms with Gasteiger partial charge in [-0.2, -0.15) is 0 Å². The third kappa shape index (κ3) is 4.53. The molecule has 0 atom stereocenters. The van der Waals surface area contributed by atoms with Gasteiger partial charge in [-0.05, 0) is 29.7 Å². The van der Waals surface area contributed by atoms with Gasteiger partial charge in [-0.25, -0.2) is 0 Å². The van der Waals surface area contributed by atoms with E-state index < -0.39 is 0 Å². The van der Waals surface area contributed by atoms with Gasteiger partial charge in [0.2, 0.25) is 0 Å². The van der Waals surface area contributed by atoms with Gasteiger partial charge in [-0.1, -0.05) is 53.7 Å². The first-order chi connectivity index (χ1) is 9.61. The van der Waals surface area contributed by atoms with Gasteiger partial charge in [0.15, 0.2) is 0 Å². The van der Waals surface area contributed by atoms with Crippen LogP contribution in [0, 0.1) is 11.8 Å². The molecule has 1 aromatic carbocycles. The Labute approximate surface area is 131 Å². The van der Waals surface area contributed by atoms with E-state index in [2.05, 4.69) is 65.5 Å². The van der Waals surface area contributed by atoms with Crippen LogP contribution in [0.4, 0.5) is 0 Å². The van der Waals surface area contributed by atoms with E-state index in [1.54, 1.807) is 7.11 Å². The van der Waals surface area contributed by atoms with E-state index in [0.717, 1.165) is 18.6 Å². The van der Waals surface area contributed by atoms with E-state index in [4.69, 9.17) is 4.74 Å². The maximum absolute atomic E-state index is 5.78. The Morgan fingerprint density at radius 1 is 0.952 bits per heavy atom. The minimum absolute atomic E-state index is 0.0673. The third-order valence-corrected chi connectivity index (χ3v) is 3.68. The number of aryl methyl sites for hydroxylation is 1. The van der Waals surface area contributed by atoms with Crippen LogP contribution in [0.25, 0.3) is 0 Å². The number of rotatable bonds is 3. The highest BCUT2D eigenvalue weighted by Crippen LogP contribution is 2.40. The number of ether oxygens (including phenoxy) is 1. The summed E-state index contributed by atoms with van der Waals surface area (Å²) in [7, 11) is 1.78. The number of hydrogen-bond acceptors (Lipinski definition) is 1. The smallest absolute Gasteiger partial charge is 0.126 e. The van der Waals surface area contributed by atoms with Gasteiger partial charge in [0.05, 0.1) is 7.11 Å². The summed E-state index contributed by atoms with van der Waals surface area (Å²) in [6.45, 7) is 15.4. The van der Waals surface area contributed by atoms with Crippen LogP contribution in [0.5, 0.6) is 5.75 Å². The molecule has 0 aliphatic rings. The summed E-state index contributed by atoms with van der Waals surface area (Å²) >= 11 is 0. The molecule has 0 aliphatic heterocycles. The minimum atomic E-state index is 0.0673. The molecule has 0 radical (unpaired) electrons. The van der Waals surface area contributed by atoms with Crippen molar-refractivity contribution in [3.8, 4) is 17.6 Å². The molecule has 0 N–H and O–H groups in total.